The predicted molar refractivity (Wildman–Crippen MR) is 247 cm³/mol. The lowest BCUT2D eigenvalue weighted by molar-refractivity contribution is 0.646. The van der Waals surface area contributed by atoms with Gasteiger partial charge in [0.05, 0.1) is 39.1 Å². The van der Waals surface area contributed by atoms with Crippen molar-refractivity contribution in [3.63, 3.8) is 0 Å². The quantitative estimate of drug-likeness (QED) is 0.165. The zero-order valence-electron chi connectivity index (χ0n) is 32.9. The van der Waals surface area contributed by atoms with E-state index in [2.05, 4.69) is 239 Å². The van der Waals surface area contributed by atoms with E-state index in [9.17, 15) is 0 Å². The zero-order chi connectivity index (χ0) is 39.2. The minimum Gasteiger partial charge on any atom is -0.310 e. The molecule has 0 amide bonds. The molecule has 11 aromatic rings. The normalized spacial score (nSPS) is 13.1. The van der Waals surface area contributed by atoms with Crippen molar-refractivity contribution < 1.29 is 0 Å². The number of anilines is 3. The summed E-state index contributed by atoms with van der Waals surface area (Å²) in [6, 6.07) is 75.1. The molecule has 4 heteroatoms. The van der Waals surface area contributed by atoms with Gasteiger partial charge in [-0.3, -0.25) is 0 Å². The van der Waals surface area contributed by atoms with Crippen molar-refractivity contribution in [2.45, 2.75) is 19.3 Å². The van der Waals surface area contributed by atoms with E-state index >= 15 is 0 Å². The van der Waals surface area contributed by atoms with E-state index in [1.807, 2.05) is 0 Å². The summed E-state index contributed by atoms with van der Waals surface area (Å²) in [4.78, 5) is 2.37. The molecule has 8 aromatic carbocycles. The first-order valence-corrected chi connectivity index (χ1v) is 20.5. The van der Waals surface area contributed by atoms with Gasteiger partial charge < -0.3 is 18.6 Å². The molecule has 0 N–H and O–H groups in total. The van der Waals surface area contributed by atoms with Crippen LogP contribution in [0.25, 0.3) is 71.9 Å². The molecule has 1 aliphatic rings. The minimum absolute atomic E-state index is 0.273. The van der Waals surface area contributed by atoms with Crippen LogP contribution < -0.4 is 4.90 Å². The molecule has 0 aliphatic carbocycles. The molecule has 0 bridgehead atoms. The molecule has 59 heavy (non-hydrogen) atoms. The number of nitrogens with zero attached hydrogens (tertiary/aromatic N) is 4. The van der Waals surface area contributed by atoms with Gasteiger partial charge in [-0.25, -0.2) is 0 Å². The Morgan fingerprint density at radius 2 is 0.983 bits per heavy atom. The van der Waals surface area contributed by atoms with Crippen LogP contribution in [0.15, 0.2) is 206 Å². The topological polar surface area (TPSA) is 18.0 Å². The highest BCUT2D eigenvalue weighted by Crippen LogP contribution is 2.54. The SMILES string of the molecule is CC1(C)c2ccccc2-n2c(-c3ccccc3)c3c4cc(N(c5ccccc5)c5ccccc5)ccc4n(-c4ccc5c(c4)c4ccccc4n5-c4ccccc4)c3c21. The summed E-state index contributed by atoms with van der Waals surface area (Å²) in [6.45, 7) is 4.80. The van der Waals surface area contributed by atoms with Crippen LogP contribution in [0.3, 0.4) is 0 Å². The molecule has 0 unspecified atom stereocenters. The summed E-state index contributed by atoms with van der Waals surface area (Å²) < 4.78 is 7.53. The molecular formula is C55H40N4. The van der Waals surface area contributed by atoms with Crippen LogP contribution in [0.5, 0.6) is 0 Å². The highest BCUT2D eigenvalue weighted by Gasteiger charge is 2.42. The fraction of sp³-hybridized carbons (Fsp3) is 0.0545. The van der Waals surface area contributed by atoms with E-state index < -0.39 is 0 Å². The summed E-state index contributed by atoms with van der Waals surface area (Å²) in [5, 5.41) is 4.95. The minimum atomic E-state index is -0.273. The first kappa shape index (κ1) is 33.6. The van der Waals surface area contributed by atoms with Gasteiger partial charge in [0.15, 0.2) is 0 Å². The fourth-order valence-electron chi connectivity index (χ4n) is 10.0. The highest BCUT2D eigenvalue weighted by molar-refractivity contribution is 6.19. The van der Waals surface area contributed by atoms with E-state index in [1.54, 1.807) is 0 Å². The Morgan fingerprint density at radius 3 is 1.71 bits per heavy atom. The van der Waals surface area contributed by atoms with E-state index in [0.717, 1.165) is 28.4 Å². The van der Waals surface area contributed by atoms with E-state index in [0.29, 0.717) is 0 Å². The van der Waals surface area contributed by atoms with Crippen LogP contribution in [-0.2, 0) is 5.41 Å². The first-order valence-electron chi connectivity index (χ1n) is 20.5. The van der Waals surface area contributed by atoms with Gasteiger partial charge in [-0.05, 0) is 96.1 Å². The number of fused-ring (bicyclic) bond motifs is 10. The second kappa shape index (κ2) is 12.7. The van der Waals surface area contributed by atoms with Gasteiger partial charge in [0.2, 0.25) is 0 Å². The van der Waals surface area contributed by atoms with Crippen molar-refractivity contribution in [3.05, 3.63) is 218 Å². The molecule has 0 radical (unpaired) electrons. The lowest BCUT2D eigenvalue weighted by atomic mass is 9.83. The second-order valence-electron chi connectivity index (χ2n) is 16.2. The maximum atomic E-state index is 2.57. The molecule has 4 heterocycles. The Morgan fingerprint density at radius 1 is 0.407 bits per heavy atom. The maximum absolute atomic E-state index is 2.57. The van der Waals surface area contributed by atoms with Crippen molar-refractivity contribution in [2.75, 3.05) is 4.90 Å². The third kappa shape index (κ3) is 4.84. The Labute approximate surface area is 343 Å². The molecule has 3 aromatic heterocycles. The maximum Gasteiger partial charge on any atom is 0.0770 e. The van der Waals surface area contributed by atoms with Gasteiger partial charge >= 0.3 is 0 Å². The van der Waals surface area contributed by atoms with Crippen LogP contribution in [-0.4, -0.2) is 13.7 Å². The average molecular weight is 757 g/mol. The fourth-order valence-corrected chi connectivity index (χ4v) is 10.0. The summed E-state index contributed by atoms with van der Waals surface area (Å²) in [5.74, 6) is 0. The summed E-state index contributed by atoms with van der Waals surface area (Å²) in [7, 11) is 0. The predicted octanol–water partition coefficient (Wildman–Crippen LogP) is 14.4. The van der Waals surface area contributed by atoms with Crippen molar-refractivity contribution >= 4 is 60.7 Å². The molecule has 280 valence electrons. The van der Waals surface area contributed by atoms with Gasteiger partial charge in [-0.15, -0.1) is 0 Å². The Balaban J connectivity index is 1.23. The number of rotatable bonds is 6. The monoisotopic (exact) mass is 756 g/mol. The van der Waals surface area contributed by atoms with Gasteiger partial charge in [0.25, 0.3) is 0 Å². The third-order valence-corrected chi connectivity index (χ3v) is 12.5. The largest absolute Gasteiger partial charge is 0.310 e. The Kier molecular flexibility index (Phi) is 7.24. The van der Waals surface area contributed by atoms with Gasteiger partial charge in [0, 0.05) is 55.4 Å². The second-order valence-corrected chi connectivity index (χ2v) is 16.2. The molecule has 0 fully saturated rings. The van der Waals surface area contributed by atoms with Crippen molar-refractivity contribution in [1.29, 1.82) is 0 Å². The van der Waals surface area contributed by atoms with Crippen LogP contribution >= 0.6 is 0 Å². The Bertz CT molecular complexity index is 3350. The molecule has 0 spiro atoms. The number of benzene rings is 8. The third-order valence-electron chi connectivity index (χ3n) is 12.5. The van der Waals surface area contributed by atoms with Crippen molar-refractivity contribution in [2.24, 2.45) is 0 Å². The molecule has 0 atom stereocenters. The molecule has 4 nitrogen and oxygen atoms in total. The standard InChI is InChI=1S/C55H40N4/c1-55(2)46-28-16-18-30-50(46)59-52(37-19-7-3-8-20-37)51-45-36-41(56(38-21-9-4-10-22-38)39-23-11-5-12-24-39)31-34-49(45)58(53(51)54(55)59)42-32-33-48-44(35-42)43-27-15-17-29-47(43)57(48)40-25-13-6-14-26-40/h3-36H,1-2H3. The lowest BCUT2D eigenvalue weighted by Crippen LogP contribution is -2.16. The van der Waals surface area contributed by atoms with E-state index in [-0.39, 0.29) is 5.41 Å². The van der Waals surface area contributed by atoms with E-state index in [1.165, 1.54) is 71.8 Å². The number of hydrogen-bond donors (Lipinski definition) is 0. The molecular weight excluding hydrogens is 717 g/mol. The number of para-hydroxylation sites is 5. The van der Waals surface area contributed by atoms with E-state index in [4.69, 9.17) is 0 Å². The van der Waals surface area contributed by atoms with Crippen LogP contribution in [0.1, 0.15) is 25.1 Å². The summed E-state index contributed by atoms with van der Waals surface area (Å²) in [6.07, 6.45) is 0. The molecule has 12 rings (SSSR count). The van der Waals surface area contributed by atoms with Crippen molar-refractivity contribution in [1.82, 2.24) is 13.7 Å². The highest BCUT2D eigenvalue weighted by atomic mass is 15.1. The average Bonchev–Trinajstić information content (AvgIpc) is 3.98. The summed E-state index contributed by atoms with van der Waals surface area (Å²) in [5.41, 5.74) is 16.5. The first-order chi connectivity index (χ1) is 29.1. The Hall–Kier alpha value is -7.56. The van der Waals surface area contributed by atoms with Crippen molar-refractivity contribution in [3.8, 4) is 28.3 Å². The van der Waals surface area contributed by atoms with Gasteiger partial charge in [-0.1, -0.05) is 135 Å². The zero-order valence-corrected chi connectivity index (χ0v) is 32.9. The molecule has 0 saturated carbocycles. The lowest BCUT2D eigenvalue weighted by Gasteiger charge is -2.25. The van der Waals surface area contributed by atoms with Gasteiger partial charge in [-0.2, -0.15) is 0 Å². The van der Waals surface area contributed by atoms with Crippen LogP contribution in [0, 0.1) is 0 Å². The number of hydrogen-bond acceptors (Lipinski definition) is 1. The van der Waals surface area contributed by atoms with Crippen LogP contribution in [0.2, 0.25) is 0 Å². The smallest absolute Gasteiger partial charge is 0.0770 e. The number of aromatic nitrogens is 3. The summed E-state index contributed by atoms with van der Waals surface area (Å²) >= 11 is 0. The molecule has 1 aliphatic heterocycles. The molecule has 0 saturated heterocycles. The van der Waals surface area contributed by atoms with Gasteiger partial charge in [0.1, 0.15) is 0 Å². The van der Waals surface area contributed by atoms with Crippen LogP contribution in [0.4, 0.5) is 17.1 Å².